The maximum atomic E-state index is 12.4. The highest BCUT2D eigenvalue weighted by Crippen LogP contribution is 2.23. The largest absolute Gasteiger partial charge is 0.348 e. The highest BCUT2D eigenvalue weighted by atomic mass is 35.5. The average molecular weight is 331 g/mol. The predicted octanol–water partition coefficient (Wildman–Crippen LogP) is 3.29. The fraction of sp³-hybridized carbons (Fsp3) is 0.316. The number of hydrogen-bond donors (Lipinski definition) is 2. The van der Waals surface area contributed by atoms with Crippen LogP contribution in [0.25, 0.3) is 0 Å². The van der Waals surface area contributed by atoms with Crippen LogP contribution in [0.3, 0.4) is 0 Å². The van der Waals surface area contributed by atoms with Crippen molar-refractivity contribution in [2.75, 3.05) is 13.1 Å². The number of hydrogen-bond acceptors (Lipinski definition) is 2. The molecule has 122 valence electrons. The van der Waals surface area contributed by atoms with E-state index in [1.165, 1.54) is 11.1 Å². The molecule has 0 saturated heterocycles. The third-order valence-corrected chi connectivity index (χ3v) is 4.26. The van der Waals surface area contributed by atoms with Crippen molar-refractivity contribution in [1.82, 2.24) is 10.6 Å². The van der Waals surface area contributed by atoms with Gasteiger partial charge in [-0.15, -0.1) is 12.4 Å². The number of amides is 1. The molecular weight excluding hydrogens is 308 g/mol. The van der Waals surface area contributed by atoms with Gasteiger partial charge in [0.2, 0.25) is 0 Å². The van der Waals surface area contributed by atoms with Crippen LogP contribution in [-0.2, 0) is 13.0 Å². The van der Waals surface area contributed by atoms with Gasteiger partial charge in [-0.25, -0.2) is 0 Å². The molecule has 1 heterocycles. The van der Waals surface area contributed by atoms with Gasteiger partial charge in [0, 0.05) is 18.7 Å². The SMILES string of the molecule is C[C@@H]1CNCCc2ccc(C(=O)NCc3ccccc3)cc21.Cl. The lowest BCUT2D eigenvalue weighted by Gasteiger charge is -2.14. The molecule has 3 rings (SSSR count). The van der Waals surface area contributed by atoms with Crippen molar-refractivity contribution in [3.05, 3.63) is 70.8 Å². The van der Waals surface area contributed by atoms with Crippen LogP contribution >= 0.6 is 12.4 Å². The van der Waals surface area contributed by atoms with Crippen molar-refractivity contribution in [2.24, 2.45) is 0 Å². The molecule has 1 aliphatic rings. The van der Waals surface area contributed by atoms with Crippen LogP contribution in [0.4, 0.5) is 0 Å². The van der Waals surface area contributed by atoms with E-state index < -0.39 is 0 Å². The molecule has 2 N–H and O–H groups in total. The van der Waals surface area contributed by atoms with Gasteiger partial charge < -0.3 is 10.6 Å². The predicted molar refractivity (Wildman–Crippen MR) is 96.3 cm³/mol. The summed E-state index contributed by atoms with van der Waals surface area (Å²) >= 11 is 0. The first-order valence-corrected chi connectivity index (χ1v) is 7.89. The van der Waals surface area contributed by atoms with Gasteiger partial charge in [0.15, 0.2) is 0 Å². The number of fused-ring (bicyclic) bond motifs is 1. The summed E-state index contributed by atoms with van der Waals surface area (Å²) in [5, 5.41) is 6.44. The molecule has 1 amide bonds. The highest BCUT2D eigenvalue weighted by molar-refractivity contribution is 5.94. The van der Waals surface area contributed by atoms with E-state index in [0.29, 0.717) is 12.5 Å². The summed E-state index contributed by atoms with van der Waals surface area (Å²) in [5.41, 5.74) is 4.53. The van der Waals surface area contributed by atoms with Crippen LogP contribution in [0, 0.1) is 0 Å². The summed E-state index contributed by atoms with van der Waals surface area (Å²) in [6, 6.07) is 16.1. The number of rotatable bonds is 3. The summed E-state index contributed by atoms with van der Waals surface area (Å²) in [7, 11) is 0. The molecule has 0 radical (unpaired) electrons. The standard InChI is InChI=1S/C19H22N2O.ClH/c1-14-12-20-10-9-16-7-8-17(11-18(14)16)19(22)21-13-15-5-3-2-4-6-15;/h2-8,11,14,20H,9-10,12-13H2,1H3,(H,21,22);1H/t14-;/m1./s1. The first-order valence-electron chi connectivity index (χ1n) is 7.89. The Morgan fingerprint density at radius 2 is 2.00 bits per heavy atom. The second kappa shape index (κ2) is 8.14. The molecule has 0 fully saturated rings. The fourth-order valence-electron chi connectivity index (χ4n) is 2.95. The summed E-state index contributed by atoms with van der Waals surface area (Å²) in [6.07, 6.45) is 1.03. The molecule has 0 aliphatic carbocycles. The van der Waals surface area contributed by atoms with Gasteiger partial charge in [0.05, 0.1) is 0 Å². The minimum absolute atomic E-state index is 0. The monoisotopic (exact) mass is 330 g/mol. The Bertz CT molecular complexity index is 658. The molecule has 23 heavy (non-hydrogen) atoms. The fourth-order valence-corrected chi connectivity index (χ4v) is 2.95. The van der Waals surface area contributed by atoms with Crippen molar-refractivity contribution in [3.8, 4) is 0 Å². The molecule has 0 unspecified atom stereocenters. The zero-order valence-corrected chi connectivity index (χ0v) is 14.2. The summed E-state index contributed by atoms with van der Waals surface area (Å²) in [4.78, 5) is 12.4. The zero-order valence-electron chi connectivity index (χ0n) is 13.3. The molecule has 1 aliphatic heterocycles. The van der Waals surface area contributed by atoms with E-state index in [4.69, 9.17) is 0 Å². The number of halogens is 1. The number of carbonyl (C=O) groups excluding carboxylic acids is 1. The lowest BCUT2D eigenvalue weighted by Crippen LogP contribution is -2.23. The van der Waals surface area contributed by atoms with Gasteiger partial charge >= 0.3 is 0 Å². The van der Waals surface area contributed by atoms with Gasteiger partial charge in [0.25, 0.3) is 5.91 Å². The minimum atomic E-state index is -0.00365. The molecule has 0 saturated carbocycles. The number of carbonyl (C=O) groups is 1. The van der Waals surface area contributed by atoms with Crippen molar-refractivity contribution in [3.63, 3.8) is 0 Å². The maximum Gasteiger partial charge on any atom is 0.251 e. The number of benzene rings is 2. The second-order valence-corrected chi connectivity index (χ2v) is 5.94. The van der Waals surface area contributed by atoms with Crippen molar-refractivity contribution in [2.45, 2.75) is 25.8 Å². The van der Waals surface area contributed by atoms with Crippen molar-refractivity contribution < 1.29 is 4.79 Å². The van der Waals surface area contributed by atoms with Crippen LogP contribution < -0.4 is 10.6 Å². The Hall–Kier alpha value is -1.84. The third-order valence-electron chi connectivity index (χ3n) is 4.26. The van der Waals surface area contributed by atoms with E-state index in [-0.39, 0.29) is 18.3 Å². The molecule has 0 bridgehead atoms. The molecular formula is C19H23ClN2O. The van der Waals surface area contributed by atoms with E-state index in [0.717, 1.165) is 30.6 Å². The van der Waals surface area contributed by atoms with Gasteiger partial charge in [-0.1, -0.05) is 43.3 Å². The molecule has 3 nitrogen and oxygen atoms in total. The Morgan fingerprint density at radius 3 is 2.78 bits per heavy atom. The normalized spacial score (nSPS) is 16.7. The summed E-state index contributed by atoms with van der Waals surface area (Å²) in [5.74, 6) is 0.440. The second-order valence-electron chi connectivity index (χ2n) is 5.94. The molecule has 0 aromatic heterocycles. The lowest BCUT2D eigenvalue weighted by molar-refractivity contribution is 0.0951. The van der Waals surface area contributed by atoms with E-state index in [9.17, 15) is 4.79 Å². The molecule has 2 aromatic carbocycles. The Balaban J connectivity index is 0.00000192. The van der Waals surface area contributed by atoms with Crippen molar-refractivity contribution in [1.29, 1.82) is 0 Å². The quantitative estimate of drug-likeness (QED) is 0.906. The molecule has 2 aromatic rings. The smallest absolute Gasteiger partial charge is 0.251 e. The third kappa shape index (κ3) is 4.34. The molecule has 4 heteroatoms. The van der Waals surface area contributed by atoms with Gasteiger partial charge in [-0.3, -0.25) is 4.79 Å². The Labute approximate surface area is 143 Å². The Morgan fingerprint density at radius 1 is 1.22 bits per heavy atom. The first kappa shape index (κ1) is 17.5. The molecule has 1 atom stereocenters. The van der Waals surface area contributed by atoms with E-state index in [1.54, 1.807) is 0 Å². The summed E-state index contributed by atoms with van der Waals surface area (Å²) < 4.78 is 0. The summed E-state index contributed by atoms with van der Waals surface area (Å²) in [6.45, 7) is 4.76. The average Bonchev–Trinajstić information content (AvgIpc) is 2.75. The van der Waals surface area contributed by atoms with Gasteiger partial charge in [-0.05, 0) is 47.7 Å². The van der Waals surface area contributed by atoms with Crippen LogP contribution in [0.5, 0.6) is 0 Å². The zero-order chi connectivity index (χ0) is 15.4. The van der Waals surface area contributed by atoms with Crippen molar-refractivity contribution >= 4 is 18.3 Å². The van der Waals surface area contributed by atoms with E-state index in [2.05, 4.69) is 29.7 Å². The first-order chi connectivity index (χ1) is 10.7. The maximum absolute atomic E-state index is 12.4. The molecule has 0 spiro atoms. The van der Waals surface area contributed by atoms with Gasteiger partial charge in [0.1, 0.15) is 0 Å². The lowest BCUT2D eigenvalue weighted by atomic mass is 9.93. The van der Waals surface area contributed by atoms with Crippen LogP contribution in [-0.4, -0.2) is 19.0 Å². The van der Waals surface area contributed by atoms with E-state index >= 15 is 0 Å². The van der Waals surface area contributed by atoms with Gasteiger partial charge in [-0.2, -0.15) is 0 Å². The van der Waals surface area contributed by atoms with Crippen LogP contribution in [0.2, 0.25) is 0 Å². The van der Waals surface area contributed by atoms with Crippen LogP contribution in [0.15, 0.2) is 48.5 Å². The topological polar surface area (TPSA) is 41.1 Å². The Kier molecular flexibility index (Phi) is 6.20. The highest BCUT2D eigenvalue weighted by Gasteiger charge is 2.16. The minimum Gasteiger partial charge on any atom is -0.348 e. The van der Waals surface area contributed by atoms with Crippen LogP contribution in [0.1, 0.15) is 39.9 Å². The number of nitrogens with one attached hydrogen (secondary N) is 2. The van der Waals surface area contributed by atoms with E-state index in [1.807, 2.05) is 36.4 Å².